The first kappa shape index (κ1) is 21.6. The monoisotopic (exact) mass is 431 g/mol. The number of halogens is 1. The Hall–Kier alpha value is -3.63. The standard InChI is InChI=1S/C25H26FN5O/c26-23-8-4-19(5-9-23)3-6-21-16-22(7-10-24(21)31-14-12-27-13-15-31)25(32)28-11-1-2-20-17-29-30-18-20/h4-5,7-10,16-18,27H,1-2,11-15H2,(H,28,32)(H,29,30). The zero-order valence-corrected chi connectivity index (χ0v) is 17.8. The first-order chi connectivity index (χ1) is 15.7. The molecule has 3 N–H and O–H groups in total. The fourth-order valence-corrected chi connectivity index (χ4v) is 3.64. The minimum absolute atomic E-state index is 0.117. The zero-order valence-electron chi connectivity index (χ0n) is 17.8. The van der Waals surface area contributed by atoms with E-state index in [1.165, 1.54) is 12.1 Å². The molecule has 1 fully saturated rings. The molecule has 1 amide bonds. The second-order valence-electron chi connectivity index (χ2n) is 7.69. The number of piperazine rings is 1. The van der Waals surface area contributed by atoms with Crippen molar-refractivity contribution in [2.24, 2.45) is 0 Å². The van der Waals surface area contributed by atoms with Crippen molar-refractivity contribution in [1.29, 1.82) is 0 Å². The average Bonchev–Trinajstić information content (AvgIpc) is 3.35. The number of nitrogens with one attached hydrogen (secondary N) is 3. The highest BCUT2D eigenvalue weighted by Gasteiger charge is 2.15. The molecule has 6 nitrogen and oxygen atoms in total. The molecule has 0 spiro atoms. The third kappa shape index (κ3) is 5.74. The molecule has 0 atom stereocenters. The van der Waals surface area contributed by atoms with E-state index < -0.39 is 0 Å². The smallest absolute Gasteiger partial charge is 0.251 e. The summed E-state index contributed by atoms with van der Waals surface area (Å²) in [4.78, 5) is 15.0. The van der Waals surface area contributed by atoms with Crippen LogP contribution in [0.2, 0.25) is 0 Å². The van der Waals surface area contributed by atoms with Crippen LogP contribution in [0.25, 0.3) is 0 Å². The molecular formula is C25H26FN5O. The number of aryl methyl sites for hydroxylation is 1. The lowest BCUT2D eigenvalue weighted by atomic mass is 10.1. The summed E-state index contributed by atoms with van der Waals surface area (Å²) in [5.41, 5.74) is 4.24. The summed E-state index contributed by atoms with van der Waals surface area (Å²) in [5.74, 6) is 5.90. The van der Waals surface area contributed by atoms with Gasteiger partial charge in [-0.3, -0.25) is 9.89 Å². The van der Waals surface area contributed by atoms with Crippen LogP contribution in [0.3, 0.4) is 0 Å². The van der Waals surface area contributed by atoms with Gasteiger partial charge in [-0.25, -0.2) is 4.39 Å². The normalized spacial score (nSPS) is 13.3. The topological polar surface area (TPSA) is 73.0 Å². The first-order valence-corrected chi connectivity index (χ1v) is 10.8. The molecule has 1 aliphatic heterocycles. The lowest BCUT2D eigenvalue weighted by molar-refractivity contribution is 0.0953. The summed E-state index contributed by atoms with van der Waals surface area (Å²) in [6.07, 6.45) is 5.35. The summed E-state index contributed by atoms with van der Waals surface area (Å²) in [5, 5.41) is 13.1. The third-order valence-corrected chi connectivity index (χ3v) is 5.38. The molecule has 1 aromatic heterocycles. The average molecular weight is 432 g/mol. The second-order valence-corrected chi connectivity index (χ2v) is 7.69. The molecule has 0 unspecified atom stereocenters. The number of carbonyl (C=O) groups excluding carboxylic acids is 1. The quantitative estimate of drug-likeness (QED) is 0.415. The van der Waals surface area contributed by atoms with Crippen LogP contribution in [-0.4, -0.2) is 48.8 Å². The van der Waals surface area contributed by atoms with Gasteiger partial charge in [0.15, 0.2) is 0 Å². The molecule has 2 aromatic carbocycles. The van der Waals surface area contributed by atoms with Gasteiger partial charge < -0.3 is 15.5 Å². The van der Waals surface area contributed by atoms with Crippen LogP contribution in [0.4, 0.5) is 10.1 Å². The van der Waals surface area contributed by atoms with Gasteiger partial charge in [-0.05, 0) is 60.9 Å². The number of aromatic amines is 1. The van der Waals surface area contributed by atoms with E-state index in [0.29, 0.717) is 12.1 Å². The summed E-state index contributed by atoms with van der Waals surface area (Å²) in [6.45, 7) is 4.16. The van der Waals surface area contributed by atoms with Crippen molar-refractivity contribution in [3.05, 3.63) is 82.9 Å². The van der Waals surface area contributed by atoms with Crippen molar-refractivity contribution in [2.75, 3.05) is 37.6 Å². The number of carbonyl (C=O) groups is 1. The van der Waals surface area contributed by atoms with E-state index in [1.54, 1.807) is 18.3 Å². The third-order valence-electron chi connectivity index (χ3n) is 5.38. The maximum absolute atomic E-state index is 13.2. The number of amides is 1. The van der Waals surface area contributed by atoms with Crippen LogP contribution in [0.5, 0.6) is 0 Å². The molecule has 4 rings (SSSR count). The van der Waals surface area contributed by atoms with Crippen molar-refractivity contribution in [3.63, 3.8) is 0 Å². The Balaban J connectivity index is 1.49. The molecule has 0 radical (unpaired) electrons. The van der Waals surface area contributed by atoms with Gasteiger partial charge in [-0.2, -0.15) is 5.10 Å². The molecule has 3 aromatic rings. The van der Waals surface area contributed by atoms with Crippen LogP contribution < -0.4 is 15.5 Å². The number of hydrogen-bond donors (Lipinski definition) is 3. The molecule has 0 bridgehead atoms. The first-order valence-electron chi connectivity index (χ1n) is 10.8. The lowest BCUT2D eigenvalue weighted by Crippen LogP contribution is -2.43. The van der Waals surface area contributed by atoms with E-state index in [-0.39, 0.29) is 11.7 Å². The molecular weight excluding hydrogens is 405 g/mol. The second kappa shape index (κ2) is 10.6. The zero-order chi connectivity index (χ0) is 22.2. The molecule has 0 aliphatic carbocycles. The van der Waals surface area contributed by atoms with Gasteiger partial charge >= 0.3 is 0 Å². The SMILES string of the molecule is O=C(NCCCc1cn[nH]c1)c1ccc(N2CCNCC2)c(C#Cc2ccc(F)cc2)c1. The van der Waals surface area contributed by atoms with Gasteiger partial charge in [-0.15, -0.1) is 0 Å². The maximum Gasteiger partial charge on any atom is 0.251 e. The minimum Gasteiger partial charge on any atom is -0.368 e. The molecule has 2 heterocycles. The Morgan fingerprint density at radius 2 is 1.94 bits per heavy atom. The van der Waals surface area contributed by atoms with Crippen molar-refractivity contribution in [3.8, 4) is 11.8 Å². The van der Waals surface area contributed by atoms with E-state index in [4.69, 9.17) is 0 Å². The van der Waals surface area contributed by atoms with Crippen LogP contribution in [0.15, 0.2) is 54.9 Å². The van der Waals surface area contributed by atoms with Crippen LogP contribution in [0, 0.1) is 17.7 Å². The maximum atomic E-state index is 13.2. The van der Waals surface area contributed by atoms with E-state index in [0.717, 1.165) is 61.4 Å². The summed E-state index contributed by atoms with van der Waals surface area (Å²) >= 11 is 0. The Bertz CT molecular complexity index is 1090. The predicted molar refractivity (Wildman–Crippen MR) is 123 cm³/mol. The fourth-order valence-electron chi connectivity index (χ4n) is 3.64. The number of benzene rings is 2. The molecule has 32 heavy (non-hydrogen) atoms. The van der Waals surface area contributed by atoms with E-state index in [9.17, 15) is 9.18 Å². The van der Waals surface area contributed by atoms with E-state index in [1.807, 2.05) is 24.4 Å². The molecule has 164 valence electrons. The van der Waals surface area contributed by atoms with Crippen molar-refractivity contribution < 1.29 is 9.18 Å². The van der Waals surface area contributed by atoms with Gasteiger partial charge in [0, 0.05) is 55.6 Å². The van der Waals surface area contributed by atoms with Gasteiger partial charge in [0.1, 0.15) is 5.82 Å². The van der Waals surface area contributed by atoms with Crippen molar-refractivity contribution in [1.82, 2.24) is 20.8 Å². The van der Waals surface area contributed by atoms with Gasteiger partial charge in [0.2, 0.25) is 0 Å². The van der Waals surface area contributed by atoms with Gasteiger partial charge in [0.05, 0.1) is 11.9 Å². The van der Waals surface area contributed by atoms with Gasteiger partial charge in [0.25, 0.3) is 5.91 Å². The highest BCUT2D eigenvalue weighted by Crippen LogP contribution is 2.22. The Morgan fingerprint density at radius 3 is 2.69 bits per heavy atom. The highest BCUT2D eigenvalue weighted by molar-refractivity contribution is 5.95. The Kier molecular flexibility index (Phi) is 7.15. The summed E-state index contributed by atoms with van der Waals surface area (Å²) < 4.78 is 13.2. The minimum atomic E-state index is -0.288. The molecule has 1 aliphatic rings. The lowest BCUT2D eigenvalue weighted by Gasteiger charge is -2.30. The highest BCUT2D eigenvalue weighted by atomic mass is 19.1. The predicted octanol–water partition coefficient (Wildman–Crippen LogP) is 2.72. The fraction of sp³-hybridized carbons (Fsp3) is 0.280. The Labute approximate surface area is 187 Å². The molecule has 1 saturated heterocycles. The van der Waals surface area contributed by atoms with E-state index >= 15 is 0 Å². The number of rotatable bonds is 6. The van der Waals surface area contributed by atoms with Gasteiger partial charge in [-0.1, -0.05) is 11.8 Å². The summed E-state index contributed by atoms with van der Waals surface area (Å²) in [7, 11) is 0. The van der Waals surface area contributed by atoms with E-state index in [2.05, 4.69) is 37.6 Å². The molecule has 0 saturated carbocycles. The van der Waals surface area contributed by atoms with Crippen LogP contribution in [-0.2, 0) is 6.42 Å². The number of aromatic nitrogens is 2. The number of anilines is 1. The van der Waals surface area contributed by atoms with Crippen molar-refractivity contribution in [2.45, 2.75) is 12.8 Å². The number of nitrogens with zero attached hydrogens (tertiary/aromatic N) is 2. The van der Waals surface area contributed by atoms with Crippen molar-refractivity contribution >= 4 is 11.6 Å². The van der Waals surface area contributed by atoms with Crippen LogP contribution >= 0.6 is 0 Å². The largest absolute Gasteiger partial charge is 0.368 e. The molecule has 7 heteroatoms. The summed E-state index contributed by atoms with van der Waals surface area (Å²) in [6, 6.07) is 11.8. The number of H-pyrrole nitrogens is 1. The Morgan fingerprint density at radius 1 is 1.12 bits per heavy atom. The van der Waals surface area contributed by atoms with Crippen LogP contribution in [0.1, 0.15) is 33.5 Å². The number of hydrogen-bond acceptors (Lipinski definition) is 4.